The standard InChI is InChI=1S/C13H18BrN3O/c14-11-5-3-9-16-13(11)17-12(18)7-6-10-4-1-2-8-15-10/h3,5,9-10,15H,1-2,4,6-8H2,(H,16,17,18). The zero-order valence-corrected chi connectivity index (χ0v) is 11.9. The highest BCUT2D eigenvalue weighted by Gasteiger charge is 2.14. The number of rotatable bonds is 4. The maximum Gasteiger partial charge on any atom is 0.225 e. The van der Waals surface area contributed by atoms with Crippen LogP contribution < -0.4 is 10.6 Å². The Kier molecular flexibility index (Phi) is 5.13. The zero-order chi connectivity index (χ0) is 12.8. The van der Waals surface area contributed by atoms with Gasteiger partial charge in [-0.25, -0.2) is 4.98 Å². The largest absolute Gasteiger partial charge is 0.314 e. The summed E-state index contributed by atoms with van der Waals surface area (Å²) in [6.07, 6.45) is 6.81. The number of nitrogens with zero attached hydrogens (tertiary/aromatic N) is 1. The van der Waals surface area contributed by atoms with Crippen LogP contribution in [0.1, 0.15) is 32.1 Å². The normalized spacial score (nSPS) is 19.5. The number of hydrogen-bond donors (Lipinski definition) is 2. The van der Waals surface area contributed by atoms with Gasteiger partial charge in [-0.2, -0.15) is 0 Å². The molecule has 0 radical (unpaired) electrons. The topological polar surface area (TPSA) is 54.0 Å². The lowest BCUT2D eigenvalue weighted by Gasteiger charge is -2.23. The molecule has 0 aliphatic carbocycles. The molecule has 1 aliphatic rings. The van der Waals surface area contributed by atoms with Crippen LogP contribution in [0.3, 0.4) is 0 Å². The van der Waals surface area contributed by atoms with Crippen LogP contribution in [0.2, 0.25) is 0 Å². The monoisotopic (exact) mass is 311 g/mol. The lowest BCUT2D eigenvalue weighted by molar-refractivity contribution is -0.116. The summed E-state index contributed by atoms with van der Waals surface area (Å²) in [4.78, 5) is 15.9. The van der Waals surface area contributed by atoms with Crippen LogP contribution in [-0.4, -0.2) is 23.5 Å². The minimum Gasteiger partial charge on any atom is -0.314 e. The van der Waals surface area contributed by atoms with Crippen molar-refractivity contribution in [1.82, 2.24) is 10.3 Å². The summed E-state index contributed by atoms with van der Waals surface area (Å²) in [5.41, 5.74) is 0. The number of nitrogens with one attached hydrogen (secondary N) is 2. The summed E-state index contributed by atoms with van der Waals surface area (Å²) in [6, 6.07) is 4.19. The average molecular weight is 312 g/mol. The van der Waals surface area contributed by atoms with Gasteiger partial charge in [0.25, 0.3) is 0 Å². The Balaban J connectivity index is 1.76. The Morgan fingerprint density at radius 2 is 2.44 bits per heavy atom. The zero-order valence-electron chi connectivity index (χ0n) is 10.3. The SMILES string of the molecule is O=C(CCC1CCCCN1)Nc1ncccc1Br. The van der Waals surface area contributed by atoms with Gasteiger partial charge in [0, 0.05) is 18.7 Å². The van der Waals surface area contributed by atoms with Gasteiger partial charge in [-0.3, -0.25) is 4.79 Å². The van der Waals surface area contributed by atoms with Crippen molar-refractivity contribution in [3.63, 3.8) is 0 Å². The first-order chi connectivity index (χ1) is 8.75. The molecule has 2 rings (SSSR count). The fourth-order valence-electron chi connectivity index (χ4n) is 2.15. The van der Waals surface area contributed by atoms with E-state index < -0.39 is 0 Å². The number of carbonyl (C=O) groups excluding carboxylic acids is 1. The molecule has 1 atom stereocenters. The third kappa shape index (κ3) is 4.07. The maximum atomic E-state index is 11.8. The molecule has 0 saturated carbocycles. The molecule has 2 heterocycles. The third-order valence-electron chi connectivity index (χ3n) is 3.15. The first-order valence-electron chi connectivity index (χ1n) is 6.39. The molecule has 4 nitrogen and oxygen atoms in total. The van der Waals surface area contributed by atoms with E-state index in [0.29, 0.717) is 18.3 Å². The predicted molar refractivity (Wildman–Crippen MR) is 75.4 cm³/mol. The van der Waals surface area contributed by atoms with Crippen LogP contribution in [0, 0.1) is 0 Å². The summed E-state index contributed by atoms with van der Waals surface area (Å²) in [5.74, 6) is 0.626. The Hall–Kier alpha value is -0.940. The van der Waals surface area contributed by atoms with Crippen molar-refractivity contribution in [1.29, 1.82) is 0 Å². The molecular formula is C13H18BrN3O. The Bertz CT molecular complexity index is 405. The van der Waals surface area contributed by atoms with E-state index in [-0.39, 0.29) is 5.91 Å². The number of hydrogen-bond acceptors (Lipinski definition) is 3. The third-order valence-corrected chi connectivity index (χ3v) is 3.79. The van der Waals surface area contributed by atoms with Crippen molar-refractivity contribution in [3.8, 4) is 0 Å². The van der Waals surface area contributed by atoms with Gasteiger partial charge in [-0.05, 0) is 53.9 Å². The molecule has 98 valence electrons. The van der Waals surface area contributed by atoms with E-state index in [1.807, 2.05) is 12.1 Å². The molecule has 0 aromatic carbocycles. The molecule has 1 unspecified atom stereocenters. The van der Waals surface area contributed by atoms with Crippen molar-refractivity contribution >= 4 is 27.7 Å². The first-order valence-corrected chi connectivity index (χ1v) is 7.19. The minimum atomic E-state index is 0.0294. The van der Waals surface area contributed by atoms with Crippen LogP contribution in [0.15, 0.2) is 22.8 Å². The van der Waals surface area contributed by atoms with Crippen LogP contribution in [-0.2, 0) is 4.79 Å². The van der Waals surface area contributed by atoms with Gasteiger partial charge in [0.1, 0.15) is 5.82 Å². The number of piperidine rings is 1. The minimum absolute atomic E-state index is 0.0294. The second kappa shape index (κ2) is 6.85. The molecule has 1 aliphatic heterocycles. The quantitative estimate of drug-likeness (QED) is 0.899. The maximum absolute atomic E-state index is 11.8. The molecular weight excluding hydrogens is 294 g/mol. The van der Waals surface area contributed by atoms with Gasteiger partial charge in [0.05, 0.1) is 4.47 Å². The number of aromatic nitrogens is 1. The van der Waals surface area contributed by atoms with E-state index in [1.165, 1.54) is 19.3 Å². The smallest absolute Gasteiger partial charge is 0.225 e. The van der Waals surface area contributed by atoms with Crippen molar-refractivity contribution in [2.75, 3.05) is 11.9 Å². The molecule has 1 aromatic rings. The highest BCUT2D eigenvalue weighted by atomic mass is 79.9. The van der Waals surface area contributed by atoms with E-state index in [9.17, 15) is 4.79 Å². The van der Waals surface area contributed by atoms with E-state index in [2.05, 4.69) is 31.5 Å². The molecule has 1 fully saturated rings. The number of halogens is 1. The van der Waals surface area contributed by atoms with Crippen LogP contribution in [0.4, 0.5) is 5.82 Å². The van der Waals surface area contributed by atoms with Crippen LogP contribution in [0.5, 0.6) is 0 Å². The molecule has 1 aromatic heterocycles. The summed E-state index contributed by atoms with van der Waals surface area (Å²) >= 11 is 3.36. The number of carbonyl (C=O) groups is 1. The van der Waals surface area contributed by atoms with Crippen molar-refractivity contribution in [2.24, 2.45) is 0 Å². The lowest BCUT2D eigenvalue weighted by Crippen LogP contribution is -2.34. The van der Waals surface area contributed by atoms with Gasteiger partial charge in [-0.1, -0.05) is 6.42 Å². The molecule has 1 amide bonds. The second-order valence-corrected chi connectivity index (χ2v) is 5.42. The van der Waals surface area contributed by atoms with Crippen molar-refractivity contribution in [3.05, 3.63) is 22.8 Å². The Labute approximate surface area is 116 Å². The van der Waals surface area contributed by atoms with Crippen LogP contribution >= 0.6 is 15.9 Å². The molecule has 5 heteroatoms. The Morgan fingerprint density at radius 1 is 1.56 bits per heavy atom. The van der Waals surface area contributed by atoms with Crippen LogP contribution in [0.25, 0.3) is 0 Å². The van der Waals surface area contributed by atoms with Gasteiger partial charge >= 0.3 is 0 Å². The lowest BCUT2D eigenvalue weighted by atomic mass is 10.0. The highest BCUT2D eigenvalue weighted by molar-refractivity contribution is 9.10. The summed E-state index contributed by atoms with van der Waals surface area (Å²) in [7, 11) is 0. The number of anilines is 1. The molecule has 0 spiro atoms. The van der Waals surface area contributed by atoms with Gasteiger partial charge in [0.2, 0.25) is 5.91 Å². The Morgan fingerprint density at radius 3 is 3.17 bits per heavy atom. The van der Waals surface area contributed by atoms with Gasteiger partial charge in [-0.15, -0.1) is 0 Å². The van der Waals surface area contributed by atoms with E-state index in [1.54, 1.807) is 6.20 Å². The summed E-state index contributed by atoms with van der Waals surface area (Å²) in [6.45, 7) is 1.08. The fourth-order valence-corrected chi connectivity index (χ4v) is 2.50. The van der Waals surface area contributed by atoms with Gasteiger partial charge in [0.15, 0.2) is 0 Å². The van der Waals surface area contributed by atoms with E-state index in [4.69, 9.17) is 0 Å². The molecule has 2 N–H and O–H groups in total. The summed E-state index contributed by atoms with van der Waals surface area (Å²) in [5, 5.41) is 6.27. The van der Waals surface area contributed by atoms with Crippen molar-refractivity contribution in [2.45, 2.75) is 38.1 Å². The fraction of sp³-hybridized carbons (Fsp3) is 0.538. The average Bonchev–Trinajstić information content (AvgIpc) is 2.40. The summed E-state index contributed by atoms with van der Waals surface area (Å²) < 4.78 is 0.814. The van der Waals surface area contributed by atoms with E-state index >= 15 is 0 Å². The number of pyridine rings is 1. The van der Waals surface area contributed by atoms with E-state index in [0.717, 1.165) is 17.4 Å². The van der Waals surface area contributed by atoms with Gasteiger partial charge < -0.3 is 10.6 Å². The molecule has 0 bridgehead atoms. The molecule has 1 saturated heterocycles. The predicted octanol–water partition coefficient (Wildman–Crippen LogP) is 2.70. The number of amides is 1. The molecule has 18 heavy (non-hydrogen) atoms. The first kappa shape index (κ1) is 13.5. The second-order valence-electron chi connectivity index (χ2n) is 4.57. The van der Waals surface area contributed by atoms with Crippen molar-refractivity contribution < 1.29 is 4.79 Å². The highest BCUT2D eigenvalue weighted by Crippen LogP contribution is 2.19.